The van der Waals surface area contributed by atoms with Crippen LogP contribution in [0, 0.1) is 5.82 Å². The highest BCUT2D eigenvalue weighted by molar-refractivity contribution is 6.08. The van der Waals surface area contributed by atoms with Crippen LogP contribution >= 0.6 is 0 Å². The average molecular weight is 365 g/mol. The van der Waals surface area contributed by atoms with Crippen molar-refractivity contribution in [2.24, 2.45) is 0 Å². The van der Waals surface area contributed by atoms with Crippen molar-refractivity contribution in [1.29, 1.82) is 0 Å². The van der Waals surface area contributed by atoms with Gasteiger partial charge in [0, 0.05) is 23.4 Å². The number of rotatable bonds is 8. The van der Waals surface area contributed by atoms with Gasteiger partial charge >= 0.3 is 0 Å². The molecular formula is C22H20FNO3. The number of hydrogen-bond donors (Lipinski definition) is 2. The van der Waals surface area contributed by atoms with Crippen molar-refractivity contribution in [3.63, 3.8) is 0 Å². The second kappa shape index (κ2) is 8.96. The Morgan fingerprint density at radius 1 is 0.926 bits per heavy atom. The molecule has 3 aromatic rings. The zero-order valence-corrected chi connectivity index (χ0v) is 14.6. The van der Waals surface area contributed by atoms with Crippen molar-refractivity contribution in [2.75, 3.05) is 18.5 Å². The Labute approximate surface area is 157 Å². The number of ketones is 1. The zero-order chi connectivity index (χ0) is 19.1. The summed E-state index contributed by atoms with van der Waals surface area (Å²) in [7, 11) is 0. The van der Waals surface area contributed by atoms with Crippen LogP contribution in [0.5, 0.6) is 5.75 Å². The average Bonchev–Trinajstić information content (AvgIpc) is 2.72. The van der Waals surface area contributed by atoms with Crippen molar-refractivity contribution in [3.8, 4) is 5.75 Å². The Bertz CT molecular complexity index is 864. The number of ether oxygens (including phenoxy) is 1. The molecule has 5 heteroatoms. The number of anilines is 1. The minimum Gasteiger partial charge on any atom is -0.491 e. The van der Waals surface area contributed by atoms with Gasteiger partial charge in [0.2, 0.25) is 0 Å². The molecule has 0 aliphatic rings. The first-order chi connectivity index (χ1) is 13.1. The second-order valence-corrected chi connectivity index (χ2v) is 6.07. The third-order valence-electron chi connectivity index (χ3n) is 3.98. The van der Waals surface area contributed by atoms with Crippen LogP contribution in [0.15, 0.2) is 78.9 Å². The van der Waals surface area contributed by atoms with Crippen molar-refractivity contribution >= 4 is 11.5 Å². The van der Waals surface area contributed by atoms with E-state index >= 15 is 0 Å². The lowest BCUT2D eigenvalue weighted by molar-refractivity contribution is 0.103. The molecule has 0 spiro atoms. The third-order valence-corrected chi connectivity index (χ3v) is 3.98. The van der Waals surface area contributed by atoms with E-state index in [1.807, 2.05) is 18.2 Å². The molecule has 0 saturated carbocycles. The highest BCUT2D eigenvalue weighted by Gasteiger charge is 2.09. The van der Waals surface area contributed by atoms with E-state index < -0.39 is 6.10 Å². The smallest absolute Gasteiger partial charge is 0.193 e. The molecule has 4 nitrogen and oxygen atoms in total. The van der Waals surface area contributed by atoms with Gasteiger partial charge in [-0.1, -0.05) is 30.3 Å². The quantitative estimate of drug-likeness (QED) is 0.594. The van der Waals surface area contributed by atoms with Gasteiger partial charge in [0.1, 0.15) is 24.3 Å². The molecule has 0 bridgehead atoms. The summed E-state index contributed by atoms with van der Waals surface area (Å²) in [6.45, 7) is 0.371. The van der Waals surface area contributed by atoms with Gasteiger partial charge in [-0.25, -0.2) is 4.39 Å². The summed E-state index contributed by atoms with van der Waals surface area (Å²) in [5.41, 5.74) is 1.93. The van der Waals surface area contributed by atoms with Crippen molar-refractivity contribution in [1.82, 2.24) is 0 Å². The van der Waals surface area contributed by atoms with Crippen LogP contribution in [-0.2, 0) is 0 Å². The fourth-order valence-corrected chi connectivity index (χ4v) is 2.51. The molecule has 0 radical (unpaired) electrons. The lowest BCUT2D eigenvalue weighted by atomic mass is 10.0. The van der Waals surface area contributed by atoms with Gasteiger partial charge in [-0.3, -0.25) is 4.79 Å². The Hall–Kier alpha value is -3.18. The normalized spacial score (nSPS) is 11.6. The van der Waals surface area contributed by atoms with Gasteiger partial charge in [-0.2, -0.15) is 0 Å². The number of carbonyl (C=O) groups excluding carboxylic acids is 1. The summed E-state index contributed by atoms with van der Waals surface area (Å²) >= 11 is 0. The molecule has 0 fully saturated rings. The molecule has 27 heavy (non-hydrogen) atoms. The predicted octanol–water partition coefficient (Wildman–Crippen LogP) is 3.91. The van der Waals surface area contributed by atoms with E-state index in [-0.39, 0.29) is 24.8 Å². The molecule has 1 unspecified atom stereocenters. The zero-order valence-electron chi connectivity index (χ0n) is 14.6. The number of aliphatic hydroxyl groups excluding tert-OH is 1. The monoisotopic (exact) mass is 365 g/mol. The first kappa shape index (κ1) is 18.6. The summed E-state index contributed by atoms with van der Waals surface area (Å²) in [6, 6.07) is 21.8. The molecule has 0 aliphatic heterocycles. The molecule has 3 rings (SSSR count). The predicted molar refractivity (Wildman–Crippen MR) is 103 cm³/mol. The lowest BCUT2D eigenvalue weighted by Crippen LogP contribution is -2.26. The minimum atomic E-state index is -0.735. The number of benzene rings is 3. The largest absolute Gasteiger partial charge is 0.491 e. The highest BCUT2D eigenvalue weighted by Crippen LogP contribution is 2.16. The van der Waals surface area contributed by atoms with E-state index in [4.69, 9.17) is 4.74 Å². The van der Waals surface area contributed by atoms with Crippen LogP contribution in [-0.4, -0.2) is 30.1 Å². The Morgan fingerprint density at radius 2 is 1.56 bits per heavy atom. The fraction of sp³-hybridized carbons (Fsp3) is 0.136. The van der Waals surface area contributed by atoms with E-state index in [9.17, 15) is 14.3 Å². The van der Waals surface area contributed by atoms with Crippen LogP contribution in [0.4, 0.5) is 10.1 Å². The number of carbonyl (C=O) groups is 1. The van der Waals surface area contributed by atoms with Crippen LogP contribution in [0.25, 0.3) is 0 Å². The third kappa shape index (κ3) is 5.39. The van der Waals surface area contributed by atoms with Gasteiger partial charge in [-0.05, 0) is 48.5 Å². The second-order valence-electron chi connectivity index (χ2n) is 6.07. The van der Waals surface area contributed by atoms with Crippen LogP contribution in [0.3, 0.4) is 0 Å². The number of hydrogen-bond acceptors (Lipinski definition) is 4. The standard InChI is InChI=1S/C22H20FNO3/c23-18-8-10-19(11-9-18)24-14-20(25)15-27-21-12-6-17(7-13-21)22(26)16-4-2-1-3-5-16/h1-13,20,24-25H,14-15H2. The van der Waals surface area contributed by atoms with Crippen LogP contribution < -0.4 is 10.1 Å². The molecule has 3 aromatic carbocycles. The van der Waals surface area contributed by atoms with Gasteiger partial charge in [0.15, 0.2) is 5.78 Å². The summed E-state index contributed by atoms with van der Waals surface area (Å²) in [5.74, 6) is 0.213. The fourth-order valence-electron chi connectivity index (χ4n) is 2.51. The maximum atomic E-state index is 12.9. The van der Waals surface area contributed by atoms with E-state index in [2.05, 4.69) is 5.32 Å². The lowest BCUT2D eigenvalue weighted by Gasteiger charge is -2.14. The van der Waals surface area contributed by atoms with Gasteiger partial charge in [0.05, 0.1) is 0 Å². The molecule has 0 saturated heterocycles. The Kier molecular flexibility index (Phi) is 6.18. The van der Waals surface area contributed by atoms with Crippen molar-refractivity contribution in [2.45, 2.75) is 6.10 Å². The van der Waals surface area contributed by atoms with Crippen LogP contribution in [0.1, 0.15) is 15.9 Å². The molecule has 0 aromatic heterocycles. The maximum Gasteiger partial charge on any atom is 0.193 e. The van der Waals surface area contributed by atoms with Crippen LogP contribution in [0.2, 0.25) is 0 Å². The molecule has 2 N–H and O–H groups in total. The van der Waals surface area contributed by atoms with Crippen molar-refractivity contribution < 1.29 is 19.0 Å². The first-order valence-electron chi connectivity index (χ1n) is 8.62. The maximum absolute atomic E-state index is 12.9. The number of halogens is 1. The van der Waals surface area contributed by atoms with E-state index in [1.54, 1.807) is 48.5 Å². The van der Waals surface area contributed by atoms with Gasteiger partial charge in [0.25, 0.3) is 0 Å². The van der Waals surface area contributed by atoms with Gasteiger partial charge < -0.3 is 15.2 Å². The summed E-state index contributed by atoms with van der Waals surface area (Å²) < 4.78 is 18.4. The highest BCUT2D eigenvalue weighted by atomic mass is 19.1. The number of aliphatic hydroxyl groups is 1. The van der Waals surface area contributed by atoms with Gasteiger partial charge in [-0.15, -0.1) is 0 Å². The first-order valence-corrected chi connectivity index (χ1v) is 8.62. The molecule has 0 aliphatic carbocycles. The van der Waals surface area contributed by atoms with E-state index in [0.29, 0.717) is 16.9 Å². The molecule has 0 amide bonds. The van der Waals surface area contributed by atoms with E-state index in [0.717, 1.165) is 5.69 Å². The molecule has 138 valence electrons. The summed E-state index contributed by atoms with van der Waals surface area (Å²) in [4.78, 5) is 12.4. The van der Waals surface area contributed by atoms with E-state index in [1.165, 1.54) is 12.1 Å². The SMILES string of the molecule is O=C(c1ccccc1)c1ccc(OCC(O)CNc2ccc(F)cc2)cc1. The molecular weight excluding hydrogens is 345 g/mol. The summed E-state index contributed by atoms with van der Waals surface area (Å²) in [5, 5.41) is 13.0. The Balaban J connectivity index is 1.48. The Morgan fingerprint density at radius 3 is 2.22 bits per heavy atom. The molecule has 0 heterocycles. The molecule has 1 atom stereocenters. The topological polar surface area (TPSA) is 58.6 Å². The summed E-state index contributed by atoms with van der Waals surface area (Å²) in [6.07, 6.45) is -0.735. The minimum absolute atomic E-state index is 0.0503. The number of nitrogens with one attached hydrogen (secondary N) is 1. The van der Waals surface area contributed by atoms with Crippen molar-refractivity contribution in [3.05, 3.63) is 95.8 Å².